The number of benzene rings is 3. The molecule has 3 aromatic carbocycles. The van der Waals surface area contributed by atoms with E-state index in [1.54, 1.807) is 6.07 Å². The largest absolute Gasteiger partial charge is 0.481 e. The Balaban J connectivity index is 1.25. The van der Waals surface area contributed by atoms with Crippen molar-refractivity contribution in [1.29, 1.82) is 0 Å². The lowest BCUT2D eigenvalue weighted by Gasteiger charge is -2.30. The van der Waals surface area contributed by atoms with Crippen molar-refractivity contribution in [1.82, 2.24) is 0 Å². The summed E-state index contributed by atoms with van der Waals surface area (Å²) in [6.07, 6.45) is 20.3. The van der Waals surface area contributed by atoms with E-state index >= 15 is 0 Å². The molecule has 0 spiro atoms. The van der Waals surface area contributed by atoms with Crippen LogP contribution in [0.2, 0.25) is 0 Å². The molecule has 0 saturated heterocycles. The van der Waals surface area contributed by atoms with E-state index in [1.165, 1.54) is 28.8 Å². The molecule has 17 nitrogen and oxygen atoms in total. The van der Waals surface area contributed by atoms with Crippen molar-refractivity contribution < 1.29 is 67.8 Å². The summed E-state index contributed by atoms with van der Waals surface area (Å²) >= 11 is -2.33. The van der Waals surface area contributed by atoms with Crippen LogP contribution in [0.1, 0.15) is 173 Å². The van der Waals surface area contributed by atoms with Crippen molar-refractivity contribution in [3.05, 3.63) is 124 Å². The van der Waals surface area contributed by atoms with Gasteiger partial charge in [0.2, 0.25) is 11.4 Å². The van der Waals surface area contributed by atoms with Gasteiger partial charge in [-0.1, -0.05) is 55.5 Å². The Hall–Kier alpha value is -5.61. The van der Waals surface area contributed by atoms with Crippen LogP contribution in [0.15, 0.2) is 101 Å². The molecule has 83 heavy (non-hydrogen) atoms. The first-order chi connectivity index (χ1) is 39.0. The molecule has 5 N–H and O–H groups in total. The summed E-state index contributed by atoms with van der Waals surface area (Å²) in [4.78, 5) is 27.0. The van der Waals surface area contributed by atoms with Gasteiger partial charge in [0.25, 0.3) is 20.2 Å². The summed E-state index contributed by atoms with van der Waals surface area (Å²) in [6, 6.07) is 15.8. The predicted octanol–water partition coefficient (Wildman–Crippen LogP) is 12.1. The number of fused-ring (bicyclic) bond motifs is 4. The maximum atomic E-state index is 12.6. The summed E-state index contributed by atoms with van der Waals surface area (Å²) in [5.74, 6) is -2.08. The molecule has 4 aliphatic heterocycles. The number of aliphatic carboxylic acids is 2. The van der Waals surface area contributed by atoms with E-state index < -0.39 is 65.5 Å². The fourth-order valence-corrected chi connectivity index (χ4v) is 14.6. The minimum atomic E-state index is -4.58. The molecule has 7 rings (SSSR count). The molecule has 0 saturated carbocycles. The van der Waals surface area contributed by atoms with Crippen LogP contribution in [0.3, 0.4) is 0 Å². The smallest absolute Gasteiger partial charge is 0.303 e. The van der Waals surface area contributed by atoms with E-state index in [-0.39, 0.29) is 36.2 Å². The molecule has 0 amide bonds. The van der Waals surface area contributed by atoms with Gasteiger partial charge in [0.15, 0.2) is 11.4 Å². The minimum Gasteiger partial charge on any atom is -0.481 e. The van der Waals surface area contributed by atoms with Gasteiger partial charge in [-0.3, -0.25) is 27.4 Å². The maximum absolute atomic E-state index is 12.6. The molecule has 20 heteroatoms. The van der Waals surface area contributed by atoms with E-state index in [0.717, 1.165) is 77.7 Å². The van der Waals surface area contributed by atoms with E-state index in [2.05, 4.69) is 129 Å². The average Bonchev–Trinajstić information content (AvgIpc) is 1.94. The number of carboxylic acid groups (broad SMARTS) is 2. The highest BCUT2D eigenvalue weighted by Crippen LogP contribution is 2.54. The molecule has 3 atom stereocenters. The maximum Gasteiger partial charge on any atom is 0.303 e. The third kappa shape index (κ3) is 14.2. The molecule has 3 unspecified atom stereocenters. The van der Waals surface area contributed by atoms with Crippen molar-refractivity contribution in [2.75, 3.05) is 48.3 Å². The van der Waals surface area contributed by atoms with Gasteiger partial charge in [0.1, 0.15) is 13.1 Å². The molecule has 3 aromatic rings. The second-order valence-electron chi connectivity index (χ2n) is 24.0. The van der Waals surface area contributed by atoms with Crippen molar-refractivity contribution >= 4 is 77.7 Å². The fraction of sp³-hybridized carbons (Fsp3) is 0.524. The standard InChI is InChI=1S/C63H84N4O13S3/c1-10-64-52-43-47-53(42-46(52)60(4,5)54(64)24-22-26-56-62(8,34-16-12-14-28-58(68)69)48-40-44(3)30-32-50(48)66(56)36-18-20-38-80-81(72)73)65(11-2)55(61(47,6)7)25-23-27-57-63(9,35-17-13-15-29-59(70)71)49-41-45(83(77,78)79)31-33-51(49)67(57)37-19-21-39-82(74,75)76/h22-27,30-33,40-43H,10-21,28-29,34-39H2,1-9H3,(H3-2,68,69,70,71,72,73,74,75,76,77,78,79)/p+2. The monoisotopic (exact) mass is 1200 g/mol. The highest BCUT2D eigenvalue weighted by Gasteiger charge is 2.51. The second-order valence-corrected chi connectivity index (χ2v) is 27.7. The summed E-state index contributed by atoms with van der Waals surface area (Å²) < 4.78 is 98.6. The number of rotatable bonds is 30. The van der Waals surface area contributed by atoms with Crippen molar-refractivity contribution in [3.63, 3.8) is 0 Å². The normalized spacial score (nSPS) is 21.3. The number of aryl methyl sites for hydroxylation is 1. The van der Waals surface area contributed by atoms with E-state index in [9.17, 15) is 54.5 Å². The molecule has 0 radical (unpaired) electrons. The van der Waals surface area contributed by atoms with Gasteiger partial charge in [-0.15, -0.1) is 0 Å². The SMILES string of the molecule is CC[N+]1=C(C=CC=C2N(CCCCOS(=O)O)c3ccc(C)cc3C2(C)CCCCCC(=O)O)C(C)(C)c2cc3c(cc21)C(C)(C)C(C=CC=C1N(CCCCS(=O)(=O)O)c2ccc(S(=O)(=O)O)cc2C1(C)CCCCCC(=O)O)=[N+]3CC. The molecule has 0 bridgehead atoms. The molecule has 4 aliphatic rings. The number of carboxylic acids is 2. The van der Waals surface area contributed by atoms with Gasteiger partial charge < -0.3 is 20.0 Å². The fourth-order valence-electron chi connectivity index (χ4n) is 13.3. The highest BCUT2D eigenvalue weighted by atomic mass is 32.2. The third-order valence-electron chi connectivity index (χ3n) is 17.6. The summed E-state index contributed by atoms with van der Waals surface area (Å²) in [5.41, 5.74) is 11.7. The lowest BCUT2D eigenvalue weighted by molar-refractivity contribution is -0.436. The van der Waals surface area contributed by atoms with E-state index in [0.29, 0.717) is 75.8 Å². The molecular formula is C63H86N4O13S3+2. The number of unbranched alkanes of at least 4 members (excludes halogenated alkanes) is 6. The first-order valence-electron chi connectivity index (χ1n) is 29.2. The second kappa shape index (κ2) is 26.3. The number of hydrogen-bond acceptors (Lipinski definition) is 10. The van der Waals surface area contributed by atoms with Gasteiger partial charge in [-0.2, -0.15) is 30.2 Å². The highest BCUT2D eigenvalue weighted by molar-refractivity contribution is 7.86. The van der Waals surface area contributed by atoms with E-state index in [4.69, 9.17) is 4.18 Å². The van der Waals surface area contributed by atoms with Crippen molar-refractivity contribution in [3.8, 4) is 0 Å². The van der Waals surface area contributed by atoms with Crippen LogP contribution in [0.5, 0.6) is 0 Å². The Bertz CT molecular complexity index is 3430. The molecule has 452 valence electrons. The van der Waals surface area contributed by atoms with Gasteiger partial charge >= 0.3 is 23.3 Å². The molecule has 0 aromatic heterocycles. The number of allylic oxidation sites excluding steroid dienone is 8. The first kappa shape index (κ1) is 64.9. The zero-order valence-corrected chi connectivity index (χ0v) is 52.2. The Labute approximate surface area is 494 Å². The van der Waals surface area contributed by atoms with Gasteiger partial charge in [-0.25, -0.2) is 0 Å². The van der Waals surface area contributed by atoms with Gasteiger partial charge in [-0.05, 0) is 161 Å². The summed E-state index contributed by atoms with van der Waals surface area (Å²) in [6.45, 7) is 22.3. The lowest BCUT2D eigenvalue weighted by Crippen LogP contribution is -2.30. The Morgan fingerprint density at radius 3 is 1.51 bits per heavy atom. The average molecular weight is 1200 g/mol. The zero-order valence-electron chi connectivity index (χ0n) is 49.7. The van der Waals surface area contributed by atoms with Crippen LogP contribution < -0.4 is 9.80 Å². The number of anilines is 2. The minimum absolute atomic E-state index is 0.0256. The Kier molecular flexibility index (Phi) is 20.6. The van der Waals surface area contributed by atoms with Crippen LogP contribution >= 0.6 is 0 Å². The van der Waals surface area contributed by atoms with Crippen LogP contribution in [0.4, 0.5) is 22.7 Å². The first-order valence-corrected chi connectivity index (χ1v) is 33.3. The van der Waals surface area contributed by atoms with E-state index in [1.807, 2.05) is 19.1 Å². The number of carbonyl (C=O) groups is 2. The number of nitrogens with zero attached hydrogens (tertiary/aromatic N) is 4. The predicted molar refractivity (Wildman–Crippen MR) is 328 cm³/mol. The van der Waals surface area contributed by atoms with Gasteiger partial charge in [0, 0.05) is 94.9 Å². The topological polar surface area (TPSA) is 242 Å². The third-order valence-corrected chi connectivity index (χ3v) is 19.6. The Morgan fingerprint density at radius 1 is 0.614 bits per heavy atom. The molecular weight excluding hydrogens is 1120 g/mol. The molecule has 0 fully saturated rings. The van der Waals surface area contributed by atoms with Crippen LogP contribution in [-0.2, 0) is 67.0 Å². The quantitative estimate of drug-likeness (QED) is 0.0180. The van der Waals surface area contributed by atoms with Crippen molar-refractivity contribution in [2.24, 2.45) is 0 Å². The van der Waals surface area contributed by atoms with Crippen molar-refractivity contribution in [2.45, 2.75) is 179 Å². The van der Waals surface area contributed by atoms with Crippen LogP contribution in [-0.4, -0.2) is 116 Å². The van der Waals surface area contributed by atoms with Crippen LogP contribution in [0, 0.1) is 6.92 Å². The Morgan fingerprint density at radius 2 is 1.07 bits per heavy atom. The zero-order chi connectivity index (χ0) is 60.9. The molecule has 4 heterocycles. The van der Waals surface area contributed by atoms with Crippen LogP contribution in [0.25, 0.3) is 0 Å². The summed E-state index contributed by atoms with van der Waals surface area (Å²) in [5, 5.41) is 18.7. The van der Waals surface area contributed by atoms with Gasteiger partial charge in [0.05, 0.1) is 28.1 Å². The lowest BCUT2D eigenvalue weighted by atomic mass is 9.76. The summed E-state index contributed by atoms with van der Waals surface area (Å²) in [7, 11) is -8.78. The molecule has 0 aliphatic carbocycles. The number of hydrogen-bond donors (Lipinski definition) is 5.